The van der Waals surface area contributed by atoms with Crippen LogP contribution in [0.15, 0.2) is 29.8 Å². The minimum Gasteiger partial charge on any atom is -0.365 e. The van der Waals surface area contributed by atoms with Crippen LogP contribution >= 0.6 is 11.3 Å². The Kier molecular flexibility index (Phi) is 4.81. The smallest absolute Gasteiger partial charge is 0.255 e. The molecule has 3 heterocycles. The number of nitrogens with one attached hydrogen (secondary N) is 1. The quantitative estimate of drug-likeness (QED) is 0.938. The molecular formula is C17H21N3O2S. The van der Waals surface area contributed by atoms with Crippen LogP contribution in [0.5, 0.6) is 0 Å². The van der Waals surface area contributed by atoms with Gasteiger partial charge in [0.1, 0.15) is 0 Å². The van der Waals surface area contributed by atoms with Crippen LogP contribution in [0.25, 0.3) is 0 Å². The Morgan fingerprint density at radius 3 is 2.65 bits per heavy atom. The van der Waals surface area contributed by atoms with Crippen molar-refractivity contribution in [2.75, 3.05) is 26.2 Å². The van der Waals surface area contributed by atoms with Crippen molar-refractivity contribution in [2.24, 2.45) is 0 Å². The maximum Gasteiger partial charge on any atom is 0.255 e. The van der Waals surface area contributed by atoms with Crippen molar-refractivity contribution in [3.8, 4) is 0 Å². The molecule has 0 saturated carbocycles. The van der Waals surface area contributed by atoms with Crippen molar-refractivity contribution in [1.82, 2.24) is 14.8 Å². The summed E-state index contributed by atoms with van der Waals surface area (Å²) in [6.45, 7) is 4.54. The molecule has 6 heteroatoms. The predicted octanol–water partition coefficient (Wildman–Crippen LogP) is 2.30. The topological polar surface area (TPSA) is 56.4 Å². The number of aryl methyl sites for hydroxylation is 1. The molecule has 1 aliphatic heterocycles. The van der Waals surface area contributed by atoms with E-state index in [-0.39, 0.29) is 11.8 Å². The van der Waals surface area contributed by atoms with Gasteiger partial charge in [0.05, 0.1) is 12.0 Å². The third-order valence-corrected chi connectivity index (χ3v) is 5.10. The van der Waals surface area contributed by atoms with E-state index in [0.717, 1.165) is 29.1 Å². The van der Waals surface area contributed by atoms with Crippen LogP contribution < -0.4 is 0 Å². The third kappa shape index (κ3) is 3.64. The highest BCUT2D eigenvalue weighted by molar-refractivity contribution is 7.10. The molecule has 5 nitrogen and oxygen atoms in total. The Bertz CT molecular complexity index is 678. The molecule has 0 atom stereocenters. The molecule has 1 fully saturated rings. The van der Waals surface area contributed by atoms with Crippen molar-refractivity contribution in [2.45, 2.75) is 19.8 Å². The maximum absolute atomic E-state index is 12.6. The predicted molar refractivity (Wildman–Crippen MR) is 90.7 cm³/mol. The van der Waals surface area contributed by atoms with Gasteiger partial charge in [0.15, 0.2) is 0 Å². The summed E-state index contributed by atoms with van der Waals surface area (Å²) < 4.78 is 0. The maximum atomic E-state index is 12.6. The molecule has 0 spiro atoms. The number of rotatable bonds is 3. The number of carbonyl (C=O) groups excluding carboxylic acids is 2. The van der Waals surface area contributed by atoms with Gasteiger partial charge in [-0.2, -0.15) is 0 Å². The molecule has 1 N–H and O–H groups in total. The van der Waals surface area contributed by atoms with Gasteiger partial charge in [-0.1, -0.05) is 6.07 Å². The van der Waals surface area contributed by atoms with E-state index in [0.29, 0.717) is 26.1 Å². The molecule has 1 saturated heterocycles. The summed E-state index contributed by atoms with van der Waals surface area (Å²) >= 11 is 1.61. The number of amides is 2. The summed E-state index contributed by atoms with van der Waals surface area (Å²) in [7, 11) is 0. The molecule has 2 amide bonds. The molecule has 2 aromatic rings. The lowest BCUT2D eigenvalue weighted by Crippen LogP contribution is -2.38. The first kappa shape index (κ1) is 15.8. The zero-order valence-electron chi connectivity index (χ0n) is 13.2. The lowest BCUT2D eigenvalue weighted by atomic mass is 10.2. The van der Waals surface area contributed by atoms with E-state index in [2.05, 4.69) is 4.98 Å². The molecule has 0 aliphatic carbocycles. The van der Waals surface area contributed by atoms with Crippen molar-refractivity contribution in [1.29, 1.82) is 0 Å². The zero-order valence-corrected chi connectivity index (χ0v) is 14.1. The van der Waals surface area contributed by atoms with E-state index in [1.165, 1.54) is 0 Å². The number of carbonyl (C=O) groups is 2. The molecule has 23 heavy (non-hydrogen) atoms. The highest BCUT2D eigenvalue weighted by Gasteiger charge is 2.24. The Morgan fingerprint density at radius 1 is 1.17 bits per heavy atom. The molecular weight excluding hydrogens is 310 g/mol. The van der Waals surface area contributed by atoms with E-state index in [9.17, 15) is 9.59 Å². The van der Waals surface area contributed by atoms with Gasteiger partial charge in [-0.05, 0) is 30.9 Å². The Balaban J connectivity index is 1.60. The molecule has 2 aromatic heterocycles. The largest absolute Gasteiger partial charge is 0.365 e. The van der Waals surface area contributed by atoms with Gasteiger partial charge in [-0.3, -0.25) is 9.59 Å². The average molecular weight is 331 g/mol. The molecule has 0 radical (unpaired) electrons. The van der Waals surface area contributed by atoms with Gasteiger partial charge in [-0.25, -0.2) is 0 Å². The van der Waals surface area contributed by atoms with E-state index in [1.54, 1.807) is 17.5 Å². The van der Waals surface area contributed by atoms with E-state index < -0.39 is 0 Å². The summed E-state index contributed by atoms with van der Waals surface area (Å²) in [5.41, 5.74) is 1.62. The summed E-state index contributed by atoms with van der Waals surface area (Å²) in [6.07, 6.45) is 3.07. The van der Waals surface area contributed by atoms with Crippen LogP contribution in [0.2, 0.25) is 0 Å². The lowest BCUT2D eigenvalue weighted by Gasteiger charge is -2.22. The molecule has 1 aliphatic rings. The number of hydrogen-bond donors (Lipinski definition) is 1. The molecule has 122 valence electrons. The Labute approximate surface area is 139 Å². The van der Waals surface area contributed by atoms with E-state index in [4.69, 9.17) is 0 Å². The first-order valence-corrected chi connectivity index (χ1v) is 8.76. The molecule has 0 aromatic carbocycles. The van der Waals surface area contributed by atoms with Crippen LogP contribution in [0.1, 0.15) is 27.3 Å². The van der Waals surface area contributed by atoms with Crippen molar-refractivity contribution in [3.05, 3.63) is 45.9 Å². The van der Waals surface area contributed by atoms with Crippen LogP contribution in [0, 0.1) is 6.92 Å². The number of aromatic nitrogens is 1. The van der Waals surface area contributed by atoms with Gasteiger partial charge in [0, 0.05) is 42.9 Å². The van der Waals surface area contributed by atoms with Crippen LogP contribution in [-0.4, -0.2) is 52.8 Å². The normalized spacial score (nSPS) is 15.5. The van der Waals surface area contributed by atoms with Gasteiger partial charge in [0.2, 0.25) is 5.91 Å². The lowest BCUT2D eigenvalue weighted by molar-refractivity contribution is -0.130. The molecule has 0 unspecified atom stereocenters. The Hall–Kier alpha value is -2.08. The second kappa shape index (κ2) is 7.00. The fourth-order valence-electron chi connectivity index (χ4n) is 2.90. The van der Waals surface area contributed by atoms with E-state index >= 15 is 0 Å². The number of nitrogens with zero attached hydrogens (tertiary/aromatic N) is 2. The third-order valence-electron chi connectivity index (χ3n) is 4.23. The minimum atomic E-state index is 0.0521. The van der Waals surface area contributed by atoms with Crippen molar-refractivity contribution < 1.29 is 9.59 Å². The van der Waals surface area contributed by atoms with Gasteiger partial charge in [-0.15, -0.1) is 11.3 Å². The van der Waals surface area contributed by atoms with Crippen molar-refractivity contribution in [3.63, 3.8) is 0 Å². The first-order valence-electron chi connectivity index (χ1n) is 7.88. The zero-order chi connectivity index (χ0) is 16.2. The van der Waals surface area contributed by atoms with Crippen LogP contribution in [0.3, 0.4) is 0 Å². The van der Waals surface area contributed by atoms with Crippen LogP contribution in [-0.2, 0) is 11.2 Å². The second-order valence-corrected chi connectivity index (χ2v) is 6.83. The summed E-state index contributed by atoms with van der Waals surface area (Å²) in [6, 6.07) is 5.78. The van der Waals surface area contributed by atoms with E-state index in [1.807, 2.05) is 40.3 Å². The first-order chi connectivity index (χ1) is 11.1. The van der Waals surface area contributed by atoms with Gasteiger partial charge < -0.3 is 14.8 Å². The highest BCUT2D eigenvalue weighted by Crippen LogP contribution is 2.14. The molecule has 3 rings (SSSR count). The molecule has 0 bridgehead atoms. The number of thiophene rings is 1. The van der Waals surface area contributed by atoms with Gasteiger partial charge >= 0.3 is 0 Å². The summed E-state index contributed by atoms with van der Waals surface area (Å²) in [4.78, 5) is 32.9. The monoisotopic (exact) mass is 331 g/mol. The average Bonchev–Trinajstić information content (AvgIpc) is 3.12. The standard InChI is InChI=1S/C17H21N3O2S/c1-13-15(5-6-18-13)17(22)20-8-3-7-19(9-10-20)16(21)12-14-4-2-11-23-14/h2,4-6,11,18H,3,7-10,12H2,1H3. The fourth-order valence-corrected chi connectivity index (χ4v) is 3.59. The van der Waals surface area contributed by atoms with Gasteiger partial charge in [0.25, 0.3) is 5.91 Å². The summed E-state index contributed by atoms with van der Waals surface area (Å²) in [5.74, 6) is 0.205. The van der Waals surface area contributed by atoms with Crippen molar-refractivity contribution >= 4 is 23.2 Å². The number of hydrogen-bond acceptors (Lipinski definition) is 3. The highest BCUT2D eigenvalue weighted by atomic mass is 32.1. The fraction of sp³-hybridized carbons (Fsp3) is 0.412. The minimum absolute atomic E-state index is 0.0521. The second-order valence-electron chi connectivity index (χ2n) is 5.80. The number of aromatic amines is 1. The SMILES string of the molecule is Cc1[nH]ccc1C(=O)N1CCCN(C(=O)Cc2cccs2)CC1. The summed E-state index contributed by atoms with van der Waals surface area (Å²) in [5, 5.41) is 1.99. The van der Waals surface area contributed by atoms with Crippen LogP contribution in [0.4, 0.5) is 0 Å². The Morgan fingerprint density at radius 2 is 1.96 bits per heavy atom. The number of H-pyrrole nitrogens is 1.